The number of primary amides is 1. The molecule has 74 heavy (non-hydrogen) atoms. The SMILES string of the molecule is CC(C)C[C@H](NC(=O)[C@@H](Cc1c[nH]c2ccccc12)NC(=O)[C@H](Cc1ccc(O)cc1)NC(=O)[C@H](COC(C)(C)C)NC(=O)OC(C)(C)C)C(=O)N[C@@H](CCCN=C(N)N)C(=O)N1CCC[C@H]1C(=O)NCC(N)=O. The van der Waals surface area contributed by atoms with E-state index in [2.05, 4.69) is 41.9 Å². The number of hydrogen-bond donors (Lipinski definition) is 11. The molecule has 1 aliphatic heterocycles. The quantitative estimate of drug-likeness (QED) is 0.0321. The second-order valence-corrected chi connectivity index (χ2v) is 20.8. The molecule has 0 aliphatic carbocycles. The Kier molecular flexibility index (Phi) is 21.6. The fraction of sp³-hybridized carbons (Fsp3) is 0.549. The summed E-state index contributed by atoms with van der Waals surface area (Å²) in [4.78, 5) is 119. The number of alkyl carbamates (subject to hydrolysis) is 1. The van der Waals surface area contributed by atoms with Crippen LogP contribution < -0.4 is 49.1 Å². The average Bonchev–Trinajstić information content (AvgIpc) is 3.97. The van der Waals surface area contributed by atoms with Crippen molar-refractivity contribution in [2.75, 3.05) is 26.2 Å². The third-order valence-electron chi connectivity index (χ3n) is 11.6. The minimum atomic E-state index is -1.39. The zero-order valence-electron chi connectivity index (χ0n) is 43.7. The van der Waals surface area contributed by atoms with Gasteiger partial charge in [-0.05, 0) is 109 Å². The number of aromatic nitrogens is 1. The normalized spacial score (nSPS) is 15.7. The van der Waals surface area contributed by atoms with Crippen molar-refractivity contribution in [1.82, 2.24) is 41.8 Å². The van der Waals surface area contributed by atoms with Crippen LogP contribution in [0.25, 0.3) is 10.9 Å². The zero-order valence-corrected chi connectivity index (χ0v) is 43.7. The van der Waals surface area contributed by atoms with E-state index in [4.69, 9.17) is 26.7 Å². The van der Waals surface area contributed by atoms with Crippen LogP contribution in [0.1, 0.15) is 98.6 Å². The zero-order chi connectivity index (χ0) is 54.9. The number of ether oxygens (including phenoxy) is 2. The molecule has 6 atom stereocenters. The van der Waals surface area contributed by atoms with Crippen molar-refractivity contribution in [2.24, 2.45) is 28.1 Å². The number of likely N-dealkylation sites (tertiary alicyclic amines) is 1. The molecule has 0 saturated carbocycles. The number of carbonyl (C=O) groups is 8. The summed E-state index contributed by atoms with van der Waals surface area (Å²) in [7, 11) is 0. The van der Waals surface area contributed by atoms with Gasteiger partial charge in [-0.1, -0.05) is 44.2 Å². The molecule has 4 rings (SSSR count). The Morgan fingerprint density at radius 1 is 0.770 bits per heavy atom. The molecule has 23 heteroatoms. The van der Waals surface area contributed by atoms with E-state index < -0.39 is 101 Å². The number of para-hydroxylation sites is 1. The van der Waals surface area contributed by atoms with Gasteiger partial charge >= 0.3 is 6.09 Å². The van der Waals surface area contributed by atoms with Crippen molar-refractivity contribution < 1.29 is 52.9 Å². The van der Waals surface area contributed by atoms with Gasteiger partial charge in [0, 0.05) is 43.0 Å². The maximum absolute atomic E-state index is 14.8. The van der Waals surface area contributed by atoms with Crippen LogP contribution in [0, 0.1) is 5.92 Å². The Bertz CT molecular complexity index is 2460. The Hall–Kier alpha value is -7.43. The van der Waals surface area contributed by atoms with Crippen LogP contribution in [-0.4, -0.2) is 142 Å². The van der Waals surface area contributed by atoms with Gasteiger partial charge in [-0.25, -0.2) is 4.79 Å². The molecule has 406 valence electrons. The van der Waals surface area contributed by atoms with E-state index in [1.807, 2.05) is 38.1 Å². The van der Waals surface area contributed by atoms with E-state index in [-0.39, 0.29) is 69.4 Å². The largest absolute Gasteiger partial charge is 0.508 e. The molecule has 1 fully saturated rings. The number of phenolic OH excluding ortho intramolecular Hbond substituents is 1. The smallest absolute Gasteiger partial charge is 0.408 e. The molecular weight excluding hydrogens is 957 g/mol. The molecular formula is C51H76N12O11. The highest BCUT2D eigenvalue weighted by Crippen LogP contribution is 2.22. The number of phenols is 1. The van der Waals surface area contributed by atoms with E-state index >= 15 is 0 Å². The third kappa shape index (κ3) is 19.5. The van der Waals surface area contributed by atoms with E-state index in [1.54, 1.807) is 59.9 Å². The van der Waals surface area contributed by atoms with Gasteiger partial charge in [0.1, 0.15) is 47.6 Å². The van der Waals surface area contributed by atoms with Crippen molar-refractivity contribution in [3.8, 4) is 5.75 Å². The first kappa shape index (κ1) is 59.1. The molecule has 8 amide bonds. The van der Waals surface area contributed by atoms with E-state index in [0.29, 0.717) is 24.0 Å². The summed E-state index contributed by atoms with van der Waals surface area (Å²) < 4.78 is 11.3. The lowest BCUT2D eigenvalue weighted by Crippen LogP contribution is -2.61. The molecule has 1 aliphatic rings. The number of carbonyl (C=O) groups excluding carboxylic acids is 8. The molecule has 1 aromatic heterocycles. The van der Waals surface area contributed by atoms with E-state index in [0.717, 1.165) is 10.9 Å². The van der Waals surface area contributed by atoms with Crippen LogP contribution in [0.3, 0.4) is 0 Å². The van der Waals surface area contributed by atoms with E-state index in [9.17, 15) is 43.5 Å². The lowest BCUT2D eigenvalue weighted by atomic mass is 9.99. The molecule has 23 nitrogen and oxygen atoms in total. The van der Waals surface area contributed by atoms with Crippen molar-refractivity contribution in [2.45, 2.75) is 148 Å². The molecule has 14 N–H and O–H groups in total. The van der Waals surface area contributed by atoms with Gasteiger partial charge in [-0.15, -0.1) is 0 Å². The topological polar surface area (TPSA) is 357 Å². The summed E-state index contributed by atoms with van der Waals surface area (Å²) in [5.41, 5.74) is 16.6. The van der Waals surface area contributed by atoms with Crippen LogP contribution in [0.2, 0.25) is 0 Å². The van der Waals surface area contributed by atoms with Gasteiger partial charge in [0.25, 0.3) is 0 Å². The number of H-pyrrole nitrogens is 1. The lowest BCUT2D eigenvalue weighted by Gasteiger charge is -2.30. The van der Waals surface area contributed by atoms with Crippen molar-refractivity contribution in [1.29, 1.82) is 0 Å². The predicted octanol–water partition coefficient (Wildman–Crippen LogP) is 0.999. The van der Waals surface area contributed by atoms with Crippen LogP contribution >= 0.6 is 0 Å². The second kappa shape index (κ2) is 27.0. The van der Waals surface area contributed by atoms with Crippen LogP contribution in [0.5, 0.6) is 5.75 Å². The number of aromatic amines is 1. The molecule has 0 bridgehead atoms. The summed E-state index contributed by atoms with van der Waals surface area (Å²) in [6.07, 6.45) is 1.70. The first-order chi connectivity index (χ1) is 34.7. The summed E-state index contributed by atoms with van der Waals surface area (Å²) in [6.45, 7) is 13.5. The number of aliphatic imine (C=N–C) groups is 1. The molecule has 0 spiro atoms. The Morgan fingerprint density at radius 2 is 1.36 bits per heavy atom. The fourth-order valence-electron chi connectivity index (χ4n) is 8.12. The first-order valence-electron chi connectivity index (χ1n) is 24.8. The van der Waals surface area contributed by atoms with Crippen LogP contribution in [-0.2, 0) is 55.9 Å². The number of nitrogens with two attached hydrogens (primary N) is 3. The number of rotatable bonds is 25. The Balaban J connectivity index is 1.70. The summed E-state index contributed by atoms with van der Waals surface area (Å²) in [5, 5.41) is 27.0. The van der Waals surface area contributed by atoms with Crippen molar-refractivity contribution in [3.05, 3.63) is 65.9 Å². The molecule has 3 aromatic rings. The van der Waals surface area contributed by atoms with E-state index in [1.165, 1.54) is 17.0 Å². The number of fused-ring (bicyclic) bond motifs is 1. The highest BCUT2D eigenvalue weighted by atomic mass is 16.6. The standard InChI is InChI=1S/C51H76N12O11/c1-29(2)23-36(42(66)58-35(15-11-21-55-48(53)54)47(71)63-22-12-16-40(63)46(70)57-27-41(52)65)59-44(68)38(25-31-26-56-34-14-10-9-13-33(31)34)61-43(67)37(24-30-17-19-32(64)20-18-30)60-45(69)39(28-73-50(3,4)5)62-49(72)74-51(6,7)8/h9-10,13-14,17-20,26,29,35-40,56,64H,11-12,15-16,21-25,27-28H2,1-8H3,(H2,52,65)(H,57,70)(H,58,66)(H,59,68)(H,60,69)(H,61,67)(H,62,72)(H4,53,54,55)/t35-,36-,37-,38+,39-,40-/m0/s1. The van der Waals surface area contributed by atoms with Crippen molar-refractivity contribution in [3.63, 3.8) is 0 Å². The number of nitrogens with zero attached hydrogens (tertiary/aromatic N) is 2. The summed E-state index contributed by atoms with van der Waals surface area (Å²) in [5.74, 6) is -5.43. The summed E-state index contributed by atoms with van der Waals surface area (Å²) in [6, 6.07) is 5.76. The highest BCUT2D eigenvalue weighted by molar-refractivity contribution is 5.98. The van der Waals surface area contributed by atoms with Gasteiger partial charge < -0.3 is 73.6 Å². The van der Waals surface area contributed by atoms with Gasteiger partial charge in [-0.3, -0.25) is 38.6 Å². The van der Waals surface area contributed by atoms with Crippen LogP contribution in [0.4, 0.5) is 4.79 Å². The number of nitrogens with one attached hydrogen (secondary N) is 7. The van der Waals surface area contributed by atoms with Gasteiger partial charge in [0.05, 0.1) is 18.8 Å². The number of amides is 8. The number of aromatic hydroxyl groups is 1. The van der Waals surface area contributed by atoms with Crippen molar-refractivity contribution >= 4 is 64.3 Å². The third-order valence-corrected chi connectivity index (χ3v) is 11.6. The fourth-order valence-corrected chi connectivity index (χ4v) is 8.12. The van der Waals surface area contributed by atoms with Gasteiger partial charge in [0.2, 0.25) is 41.4 Å². The van der Waals surface area contributed by atoms with Gasteiger partial charge in [-0.2, -0.15) is 0 Å². The maximum Gasteiger partial charge on any atom is 0.408 e. The second-order valence-electron chi connectivity index (χ2n) is 20.8. The molecule has 1 saturated heterocycles. The molecule has 2 heterocycles. The summed E-state index contributed by atoms with van der Waals surface area (Å²) >= 11 is 0. The number of guanidine groups is 1. The first-order valence-corrected chi connectivity index (χ1v) is 24.8. The molecule has 0 unspecified atom stereocenters. The number of hydrogen-bond acceptors (Lipinski definition) is 12. The molecule has 0 radical (unpaired) electrons. The monoisotopic (exact) mass is 1030 g/mol. The van der Waals surface area contributed by atoms with Gasteiger partial charge in [0.15, 0.2) is 5.96 Å². The average molecular weight is 1030 g/mol. The Labute approximate surface area is 431 Å². The molecule has 2 aromatic carbocycles. The predicted molar refractivity (Wildman–Crippen MR) is 277 cm³/mol. The highest BCUT2D eigenvalue weighted by Gasteiger charge is 2.39. The minimum absolute atomic E-state index is 0.0402. The lowest BCUT2D eigenvalue weighted by molar-refractivity contribution is -0.142. The maximum atomic E-state index is 14.8. The number of benzene rings is 2. The Morgan fingerprint density at radius 3 is 1.97 bits per heavy atom. The van der Waals surface area contributed by atoms with Crippen LogP contribution in [0.15, 0.2) is 59.7 Å². The minimum Gasteiger partial charge on any atom is -0.508 e.